The molecule has 1 heterocycles. The number of nitrogen functional groups attached to an aromatic ring is 2. The zero-order valence-electron chi connectivity index (χ0n) is 15.4. The largest absolute Gasteiger partial charge is 0.452 e. The molecule has 0 amide bonds. The molecule has 0 radical (unpaired) electrons. The molecule has 0 aliphatic rings. The van der Waals surface area contributed by atoms with Gasteiger partial charge in [-0.05, 0) is 30.3 Å². The van der Waals surface area contributed by atoms with Crippen molar-refractivity contribution in [3.63, 3.8) is 0 Å². The summed E-state index contributed by atoms with van der Waals surface area (Å²) in [5.74, 6) is -0.134. The van der Waals surface area contributed by atoms with E-state index in [2.05, 4.69) is 0 Å². The van der Waals surface area contributed by atoms with Gasteiger partial charge in [0.25, 0.3) is 0 Å². The topological polar surface area (TPSA) is 91.5 Å². The van der Waals surface area contributed by atoms with Crippen molar-refractivity contribution in [2.24, 2.45) is 0 Å². The molecule has 0 aliphatic carbocycles. The molecule has 0 aliphatic heterocycles. The number of halogens is 3. The van der Waals surface area contributed by atoms with Crippen LogP contribution in [0.4, 0.5) is 24.5 Å². The lowest BCUT2D eigenvalue weighted by molar-refractivity contribution is -0.137. The summed E-state index contributed by atoms with van der Waals surface area (Å²) >= 11 is 0. The fraction of sp³-hybridized carbons (Fsp3) is 0.0455. The number of alkyl halides is 3. The average Bonchev–Trinajstić information content (AvgIpc) is 2.72. The van der Waals surface area contributed by atoms with Crippen molar-refractivity contribution in [3.8, 4) is 22.8 Å². The Bertz CT molecular complexity index is 1300. The second-order valence-corrected chi connectivity index (χ2v) is 6.56. The number of benzene rings is 3. The molecule has 0 bridgehead atoms. The number of anilines is 2. The molecule has 0 saturated heterocycles. The molecule has 4 aromatic rings. The Morgan fingerprint density at radius 2 is 1.63 bits per heavy atom. The van der Waals surface area contributed by atoms with Crippen molar-refractivity contribution in [3.05, 3.63) is 82.5 Å². The molecule has 8 heteroatoms. The second-order valence-electron chi connectivity index (χ2n) is 6.56. The van der Waals surface area contributed by atoms with E-state index in [1.807, 2.05) is 0 Å². The minimum absolute atomic E-state index is 0.000231. The van der Waals surface area contributed by atoms with Crippen LogP contribution in [0.3, 0.4) is 0 Å². The fourth-order valence-electron chi connectivity index (χ4n) is 2.98. The second kappa shape index (κ2) is 7.14. The summed E-state index contributed by atoms with van der Waals surface area (Å²) < 4.78 is 51.0. The van der Waals surface area contributed by atoms with Gasteiger partial charge < -0.3 is 20.6 Å². The summed E-state index contributed by atoms with van der Waals surface area (Å²) in [4.78, 5) is 13.2. The van der Waals surface area contributed by atoms with Crippen LogP contribution in [0.1, 0.15) is 5.56 Å². The Morgan fingerprint density at radius 1 is 0.900 bits per heavy atom. The first-order valence-electron chi connectivity index (χ1n) is 8.80. The van der Waals surface area contributed by atoms with E-state index in [9.17, 15) is 18.0 Å². The highest BCUT2D eigenvalue weighted by molar-refractivity contribution is 5.83. The predicted octanol–water partition coefficient (Wildman–Crippen LogP) is 5.44. The van der Waals surface area contributed by atoms with E-state index in [0.29, 0.717) is 11.3 Å². The summed E-state index contributed by atoms with van der Waals surface area (Å²) in [6, 6.07) is 15.8. The first kappa shape index (κ1) is 19.4. The maximum Gasteiger partial charge on any atom is 0.416 e. The average molecular weight is 412 g/mol. The van der Waals surface area contributed by atoms with E-state index in [1.165, 1.54) is 12.1 Å². The number of rotatable bonds is 3. The van der Waals surface area contributed by atoms with Gasteiger partial charge in [-0.15, -0.1) is 0 Å². The van der Waals surface area contributed by atoms with Crippen molar-refractivity contribution in [1.29, 1.82) is 0 Å². The number of nitrogens with two attached hydrogens (primary N) is 2. The summed E-state index contributed by atoms with van der Waals surface area (Å²) in [5.41, 5.74) is 11.0. The van der Waals surface area contributed by atoms with E-state index < -0.39 is 17.2 Å². The van der Waals surface area contributed by atoms with Crippen LogP contribution < -0.4 is 21.6 Å². The van der Waals surface area contributed by atoms with Crippen LogP contribution in [0.2, 0.25) is 0 Å². The number of hydrogen-bond acceptors (Lipinski definition) is 5. The molecule has 4 rings (SSSR count). The Kier molecular flexibility index (Phi) is 4.62. The van der Waals surface area contributed by atoms with Gasteiger partial charge in [-0.25, -0.2) is 0 Å². The minimum atomic E-state index is -4.61. The van der Waals surface area contributed by atoms with Gasteiger partial charge >= 0.3 is 6.18 Å². The van der Waals surface area contributed by atoms with E-state index in [-0.39, 0.29) is 33.9 Å². The molecule has 0 saturated carbocycles. The molecule has 30 heavy (non-hydrogen) atoms. The fourth-order valence-corrected chi connectivity index (χ4v) is 2.98. The Balaban J connectivity index is 2.00. The highest BCUT2D eigenvalue weighted by Crippen LogP contribution is 2.37. The highest BCUT2D eigenvalue weighted by Gasteiger charge is 2.31. The maximum absolute atomic E-state index is 13.2. The summed E-state index contributed by atoms with van der Waals surface area (Å²) in [6.07, 6.45) is -4.61. The van der Waals surface area contributed by atoms with Crippen LogP contribution >= 0.6 is 0 Å². The molecule has 0 unspecified atom stereocenters. The van der Waals surface area contributed by atoms with Gasteiger partial charge in [-0.3, -0.25) is 4.79 Å². The quantitative estimate of drug-likeness (QED) is 0.438. The molecular formula is C22H15F3N2O3. The van der Waals surface area contributed by atoms with Crippen LogP contribution in [0, 0.1) is 0 Å². The molecule has 1 aromatic heterocycles. The van der Waals surface area contributed by atoms with E-state index >= 15 is 0 Å². The Morgan fingerprint density at radius 3 is 2.33 bits per heavy atom. The predicted molar refractivity (Wildman–Crippen MR) is 108 cm³/mol. The monoisotopic (exact) mass is 412 g/mol. The Labute approximate surface area is 168 Å². The molecule has 152 valence electrons. The SMILES string of the molecule is Nc1ccc(N)c(Oc2c(-c3ccccc3)oc3ccc(C(F)(F)F)cc3c2=O)c1. The molecule has 0 fully saturated rings. The summed E-state index contributed by atoms with van der Waals surface area (Å²) in [6.45, 7) is 0. The first-order valence-corrected chi connectivity index (χ1v) is 8.80. The summed E-state index contributed by atoms with van der Waals surface area (Å²) in [7, 11) is 0. The molecule has 5 nitrogen and oxygen atoms in total. The minimum Gasteiger partial charge on any atom is -0.452 e. The van der Waals surface area contributed by atoms with Gasteiger partial charge in [0, 0.05) is 17.3 Å². The highest BCUT2D eigenvalue weighted by atomic mass is 19.4. The Hall–Kier alpha value is -3.94. The van der Waals surface area contributed by atoms with Crippen LogP contribution in [0.25, 0.3) is 22.3 Å². The van der Waals surface area contributed by atoms with Gasteiger partial charge in [0.15, 0.2) is 11.5 Å². The van der Waals surface area contributed by atoms with Crippen LogP contribution in [-0.4, -0.2) is 0 Å². The zero-order valence-corrected chi connectivity index (χ0v) is 15.4. The third-order valence-corrected chi connectivity index (χ3v) is 4.46. The van der Waals surface area contributed by atoms with Crippen molar-refractivity contribution in [2.45, 2.75) is 6.18 Å². The van der Waals surface area contributed by atoms with Gasteiger partial charge in [-0.1, -0.05) is 30.3 Å². The number of ether oxygens (including phenoxy) is 1. The first-order chi connectivity index (χ1) is 14.2. The molecule has 4 N–H and O–H groups in total. The van der Waals surface area contributed by atoms with Crippen molar-refractivity contribution in [1.82, 2.24) is 0 Å². The molecule has 3 aromatic carbocycles. The molecule has 0 spiro atoms. The lowest BCUT2D eigenvalue weighted by Gasteiger charge is -2.14. The molecular weight excluding hydrogens is 397 g/mol. The normalized spacial score (nSPS) is 11.6. The van der Waals surface area contributed by atoms with Crippen molar-refractivity contribution < 1.29 is 22.3 Å². The molecule has 0 atom stereocenters. The number of hydrogen-bond donors (Lipinski definition) is 2. The standard InChI is InChI=1S/C22H15F3N2O3/c23-22(24,25)13-6-9-17-15(10-13)19(28)21(20(29-17)12-4-2-1-3-5-12)30-18-11-14(26)7-8-16(18)27/h1-11H,26-27H2. The lowest BCUT2D eigenvalue weighted by atomic mass is 10.1. The van der Waals surface area contributed by atoms with Crippen LogP contribution in [-0.2, 0) is 6.18 Å². The zero-order chi connectivity index (χ0) is 21.5. The lowest BCUT2D eigenvalue weighted by Crippen LogP contribution is -2.11. The van der Waals surface area contributed by atoms with E-state index in [0.717, 1.165) is 18.2 Å². The van der Waals surface area contributed by atoms with Gasteiger partial charge in [0.2, 0.25) is 11.2 Å². The third kappa shape index (κ3) is 3.55. The third-order valence-electron chi connectivity index (χ3n) is 4.46. The van der Waals surface area contributed by atoms with Crippen LogP contribution in [0.5, 0.6) is 11.5 Å². The summed E-state index contributed by atoms with van der Waals surface area (Å²) in [5, 5.41) is -0.262. The van der Waals surface area contributed by atoms with Crippen LogP contribution in [0.15, 0.2) is 75.9 Å². The van der Waals surface area contributed by atoms with Gasteiger partial charge in [0.05, 0.1) is 16.6 Å². The van der Waals surface area contributed by atoms with Gasteiger partial charge in [-0.2, -0.15) is 13.2 Å². The maximum atomic E-state index is 13.2. The van der Waals surface area contributed by atoms with E-state index in [1.54, 1.807) is 36.4 Å². The van der Waals surface area contributed by atoms with E-state index in [4.69, 9.17) is 20.6 Å². The van der Waals surface area contributed by atoms with Gasteiger partial charge in [0.1, 0.15) is 5.58 Å². The smallest absolute Gasteiger partial charge is 0.416 e. The van der Waals surface area contributed by atoms with Crippen molar-refractivity contribution >= 4 is 22.3 Å². The van der Waals surface area contributed by atoms with Crippen molar-refractivity contribution in [2.75, 3.05) is 11.5 Å². The number of fused-ring (bicyclic) bond motifs is 1.